The van der Waals surface area contributed by atoms with Crippen molar-refractivity contribution in [2.24, 2.45) is 0 Å². The molecule has 0 saturated heterocycles. The van der Waals surface area contributed by atoms with Crippen molar-refractivity contribution in [3.8, 4) is 0 Å². The topological polar surface area (TPSA) is 24.1 Å². The first kappa shape index (κ1) is 14.3. The molecule has 2 aromatic rings. The van der Waals surface area contributed by atoms with Gasteiger partial charge in [-0.2, -0.15) is 0 Å². The monoisotopic (exact) mass is 280 g/mol. The van der Waals surface area contributed by atoms with Crippen molar-refractivity contribution >= 4 is 0 Å². The van der Waals surface area contributed by atoms with Crippen molar-refractivity contribution in [3.05, 3.63) is 70.8 Å². The Bertz CT molecular complexity index is 606. The molecular formula is C19H24N2. The Balaban J connectivity index is 1.83. The van der Waals surface area contributed by atoms with Gasteiger partial charge in [-0.05, 0) is 49.1 Å². The SMILES string of the molecule is Cc1ccccc1C(C)NC1CCNCc2ccccc21. The van der Waals surface area contributed by atoms with Crippen molar-refractivity contribution in [3.63, 3.8) is 0 Å². The van der Waals surface area contributed by atoms with Gasteiger partial charge in [-0.15, -0.1) is 0 Å². The minimum absolute atomic E-state index is 0.363. The zero-order chi connectivity index (χ0) is 14.7. The van der Waals surface area contributed by atoms with Gasteiger partial charge in [0, 0.05) is 18.6 Å². The lowest BCUT2D eigenvalue weighted by atomic mass is 9.96. The molecule has 2 atom stereocenters. The Morgan fingerprint density at radius 1 is 1.10 bits per heavy atom. The maximum atomic E-state index is 3.83. The Hall–Kier alpha value is -1.64. The maximum absolute atomic E-state index is 3.83. The van der Waals surface area contributed by atoms with E-state index in [1.54, 1.807) is 0 Å². The molecule has 0 aromatic heterocycles. The Morgan fingerprint density at radius 3 is 2.71 bits per heavy atom. The van der Waals surface area contributed by atoms with Gasteiger partial charge in [0.2, 0.25) is 0 Å². The molecule has 0 radical (unpaired) electrons. The van der Waals surface area contributed by atoms with E-state index in [0.29, 0.717) is 12.1 Å². The highest BCUT2D eigenvalue weighted by molar-refractivity contribution is 5.33. The molecule has 0 aliphatic carbocycles. The highest BCUT2D eigenvalue weighted by atomic mass is 15.0. The summed E-state index contributed by atoms with van der Waals surface area (Å²) in [6.07, 6.45) is 1.13. The predicted molar refractivity (Wildman–Crippen MR) is 88.2 cm³/mol. The summed E-state index contributed by atoms with van der Waals surface area (Å²) in [5.74, 6) is 0. The van der Waals surface area contributed by atoms with Crippen LogP contribution in [0.2, 0.25) is 0 Å². The normalized spacial score (nSPS) is 19.6. The van der Waals surface area contributed by atoms with Crippen LogP contribution in [-0.4, -0.2) is 6.54 Å². The fourth-order valence-electron chi connectivity index (χ4n) is 3.30. The summed E-state index contributed by atoms with van der Waals surface area (Å²) in [5, 5.41) is 7.35. The van der Waals surface area contributed by atoms with Gasteiger partial charge < -0.3 is 10.6 Å². The first-order valence-electron chi connectivity index (χ1n) is 7.86. The van der Waals surface area contributed by atoms with Crippen LogP contribution < -0.4 is 10.6 Å². The van der Waals surface area contributed by atoms with Gasteiger partial charge in [-0.3, -0.25) is 0 Å². The van der Waals surface area contributed by atoms with Crippen LogP contribution in [0.3, 0.4) is 0 Å². The van der Waals surface area contributed by atoms with Crippen LogP contribution in [0.5, 0.6) is 0 Å². The molecule has 0 saturated carbocycles. The largest absolute Gasteiger partial charge is 0.313 e. The average Bonchev–Trinajstić information content (AvgIpc) is 2.70. The summed E-state index contributed by atoms with van der Waals surface area (Å²) >= 11 is 0. The van der Waals surface area contributed by atoms with Gasteiger partial charge in [0.25, 0.3) is 0 Å². The summed E-state index contributed by atoms with van der Waals surface area (Å²) in [4.78, 5) is 0. The van der Waals surface area contributed by atoms with Crippen molar-refractivity contribution < 1.29 is 0 Å². The van der Waals surface area contributed by atoms with E-state index in [2.05, 4.69) is 73.0 Å². The molecule has 110 valence electrons. The second-order valence-electron chi connectivity index (χ2n) is 5.96. The van der Waals surface area contributed by atoms with Gasteiger partial charge in [-0.25, -0.2) is 0 Å². The third-order valence-corrected chi connectivity index (χ3v) is 4.46. The summed E-state index contributed by atoms with van der Waals surface area (Å²) in [6.45, 7) is 6.50. The quantitative estimate of drug-likeness (QED) is 0.891. The molecule has 0 amide bonds. The Morgan fingerprint density at radius 2 is 1.86 bits per heavy atom. The summed E-state index contributed by atoms with van der Waals surface area (Å²) in [5.41, 5.74) is 5.62. The lowest BCUT2D eigenvalue weighted by Crippen LogP contribution is -2.26. The molecule has 3 rings (SSSR count). The molecule has 2 nitrogen and oxygen atoms in total. The van der Waals surface area contributed by atoms with Gasteiger partial charge in [0.05, 0.1) is 0 Å². The highest BCUT2D eigenvalue weighted by Gasteiger charge is 2.20. The van der Waals surface area contributed by atoms with Crippen LogP contribution in [0.15, 0.2) is 48.5 Å². The second-order valence-corrected chi connectivity index (χ2v) is 5.96. The van der Waals surface area contributed by atoms with E-state index >= 15 is 0 Å². The van der Waals surface area contributed by atoms with E-state index in [1.165, 1.54) is 22.3 Å². The van der Waals surface area contributed by atoms with E-state index in [4.69, 9.17) is 0 Å². The molecule has 2 aromatic carbocycles. The fourth-order valence-corrected chi connectivity index (χ4v) is 3.30. The lowest BCUT2D eigenvalue weighted by Gasteiger charge is -2.25. The second kappa shape index (κ2) is 6.42. The molecule has 2 heteroatoms. The van der Waals surface area contributed by atoms with Gasteiger partial charge in [0.1, 0.15) is 0 Å². The zero-order valence-electron chi connectivity index (χ0n) is 12.9. The number of rotatable bonds is 3. The fraction of sp³-hybridized carbons (Fsp3) is 0.368. The number of nitrogens with one attached hydrogen (secondary N) is 2. The maximum Gasteiger partial charge on any atom is 0.0340 e. The van der Waals surface area contributed by atoms with Crippen LogP contribution in [0, 0.1) is 6.92 Å². The molecule has 1 heterocycles. The van der Waals surface area contributed by atoms with Crippen molar-refractivity contribution in [1.29, 1.82) is 0 Å². The summed E-state index contributed by atoms with van der Waals surface area (Å²) in [7, 11) is 0. The molecule has 0 fully saturated rings. The number of aryl methyl sites for hydroxylation is 1. The van der Waals surface area contributed by atoms with E-state index in [1.807, 2.05) is 0 Å². The minimum atomic E-state index is 0.363. The Labute approximate surface area is 127 Å². The molecule has 1 aliphatic rings. The zero-order valence-corrected chi connectivity index (χ0v) is 12.9. The number of hydrogen-bond acceptors (Lipinski definition) is 2. The number of hydrogen-bond donors (Lipinski definition) is 2. The molecule has 0 spiro atoms. The van der Waals surface area contributed by atoms with Crippen molar-refractivity contribution in [1.82, 2.24) is 10.6 Å². The standard InChI is InChI=1S/C19H24N2/c1-14-7-3-5-9-17(14)15(2)21-19-11-12-20-13-16-8-4-6-10-18(16)19/h3-10,15,19-21H,11-13H2,1-2H3. The van der Waals surface area contributed by atoms with Crippen LogP contribution >= 0.6 is 0 Å². The van der Waals surface area contributed by atoms with Crippen LogP contribution in [0.4, 0.5) is 0 Å². The van der Waals surface area contributed by atoms with E-state index < -0.39 is 0 Å². The highest BCUT2D eigenvalue weighted by Crippen LogP contribution is 2.27. The molecule has 21 heavy (non-hydrogen) atoms. The first-order chi connectivity index (χ1) is 10.3. The number of benzene rings is 2. The molecular weight excluding hydrogens is 256 g/mol. The van der Waals surface area contributed by atoms with E-state index in [-0.39, 0.29) is 0 Å². The van der Waals surface area contributed by atoms with E-state index in [0.717, 1.165) is 19.5 Å². The lowest BCUT2D eigenvalue weighted by molar-refractivity contribution is 0.442. The van der Waals surface area contributed by atoms with Gasteiger partial charge >= 0.3 is 0 Å². The van der Waals surface area contributed by atoms with Gasteiger partial charge in [0.15, 0.2) is 0 Å². The van der Waals surface area contributed by atoms with Crippen molar-refractivity contribution in [2.75, 3.05) is 6.54 Å². The molecule has 2 unspecified atom stereocenters. The predicted octanol–water partition coefficient (Wildman–Crippen LogP) is 3.88. The smallest absolute Gasteiger partial charge is 0.0340 e. The molecule has 2 N–H and O–H groups in total. The molecule has 1 aliphatic heterocycles. The summed E-state index contributed by atoms with van der Waals surface area (Å²) < 4.78 is 0. The third kappa shape index (κ3) is 3.17. The molecule has 0 bridgehead atoms. The Kier molecular flexibility index (Phi) is 4.37. The minimum Gasteiger partial charge on any atom is -0.313 e. The van der Waals surface area contributed by atoms with Gasteiger partial charge in [-0.1, -0.05) is 48.5 Å². The van der Waals surface area contributed by atoms with Crippen LogP contribution in [0.1, 0.15) is 47.7 Å². The third-order valence-electron chi connectivity index (χ3n) is 4.46. The van der Waals surface area contributed by atoms with E-state index in [9.17, 15) is 0 Å². The van der Waals surface area contributed by atoms with Crippen molar-refractivity contribution in [2.45, 2.75) is 38.9 Å². The average molecular weight is 280 g/mol. The van der Waals surface area contributed by atoms with Crippen LogP contribution in [0.25, 0.3) is 0 Å². The summed E-state index contributed by atoms with van der Waals surface area (Å²) in [6, 6.07) is 18.2. The first-order valence-corrected chi connectivity index (χ1v) is 7.86. The van der Waals surface area contributed by atoms with Crippen LogP contribution in [-0.2, 0) is 6.54 Å². The number of fused-ring (bicyclic) bond motifs is 1.